The molecular weight excluding hydrogens is 272 g/mol. The number of rotatable bonds is 5. The van der Waals surface area contributed by atoms with Gasteiger partial charge in [-0.3, -0.25) is 0 Å². The van der Waals surface area contributed by atoms with E-state index >= 15 is 0 Å². The molecule has 0 heterocycles. The molecule has 0 aliphatic rings. The molecule has 0 fully saturated rings. The molecule has 22 heavy (non-hydrogen) atoms. The second-order valence-corrected chi connectivity index (χ2v) is 6.04. The largest absolute Gasteiger partial charge is 0.478 e. The lowest BCUT2D eigenvalue weighted by atomic mass is 9.98. The number of carboxylic acids is 1. The summed E-state index contributed by atoms with van der Waals surface area (Å²) in [5, 5.41) is 8.79. The number of hydrogen-bond donors (Lipinski definition) is 1. The second-order valence-electron chi connectivity index (χ2n) is 6.04. The molecular formula is C20H22O2. The third-order valence-electron chi connectivity index (χ3n) is 3.61. The highest BCUT2D eigenvalue weighted by Gasteiger charge is 2.02. The average molecular weight is 294 g/mol. The van der Waals surface area contributed by atoms with Crippen molar-refractivity contribution in [1.82, 2.24) is 0 Å². The van der Waals surface area contributed by atoms with E-state index in [1.165, 1.54) is 17.2 Å². The van der Waals surface area contributed by atoms with Gasteiger partial charge in [-0.15, -0.1) is 0 Å². The van der Waals surface area contributed by atoms with E-state index in [9.17, 15) is 4.79 Å². The molecule has 2 nitrogen and oxygen atoms in total. The normalized spacial score (nSPS) is 11.7. The van der Waals surface area contributed by atoms with E-state index in [1.807, 2.05) is 31.2 Å². The molecule has 114 valence electrons. The lowest BCUT2D eigenvalue weighted by Crippen LogP contribution is -1.93. The van der Waals surface area contributed by atoms with Gasteiger partial charge in [-0.2, -0.15) is 0 Å². The Labute approximate surface area is 132 Å². The van der Waals surface area contributed by atoms with Crippen LogP contribution in [-0.2, 0) is 11.2 Å². The maximum atomic E-state index is 10.7. The highest BCUT2D eigenvalue weighted by molar-refractivity contribution is 5.89. The molecule has 0 bridgehead atoms. The third kappa shape index (κ3) is 4.32. The first kappa shape index (κ1) is 16.0. The summed E-state index contributed by atoms with van der Waals surface area (Å²) >= 11 is 0. The lowest BCUT2D eigenvalue weighted by molar-refractivity contribution is -0.131. The van der Waals surface area contributed by atoms with Crippen LogP contribution in [0.1, 0.15) is 31.9 Å². The van der Waals surface area contributed by atoms with Gasteiger partial charge in [0.1, 0.15) is 0 Å². The third-order valence-corrected chi connectivity index (χ3v) is 3.61. The van der Waals surface area contributed by atoms with Gasteiger partial charge in [-0.05, 0) is 47.1 Å². The van der Waals surface area contributed by atoms with Crippen LogP contribution < -0.4 is 0 Å². The van der Waals surface area contributed by atoms with Crippen LogP contribution in [0.25, 0.3) is 16.7 Å². The zero-order chi connectivity index (χ0) is 16.1. The van der Waals surface area contributed by atoms with Gasteiger partial charge in [0, 0.05) is 6.08 Å². The molecule has 0 aromatic heterocycles. The van der Waals surface area contributed by atoms with Gasteiger partial charge in [0.15, 0.2) is 0 Å². The fraction of sp³-hybridized carbons (Fsp3) is 0.250. The first-order valence-corrected chi connectivity index (χ1v) is 7.56. The average Bonchev–Trinajstić information content (AvgIpc) is 2.47. The van der Waals surface area contributed by atoms with Gasteiger partial charge < -0.3 is 5.11 Å². The van der Waals surface area contributed by atoms with E-state index in [0.29, 0.717) is 5.92 Å². The molecule has 0 atom stereocenters. The van der Waals surface area contributed by atoms with Crippen molar-refractivity contribution >= 4 is 11.5 Å². The van der Waals surface area contributed by atoms with Gasteiger partial charge >= 0.3 is 5.97 Å². The summed E-state index contributed by atoms with van der Waals surface area (Å²) in [7, 11) is 0. The quantitative estimate of drug-likeness (QED) is 0.784. The fourth-order valence-electron chi connectivity index (χ4n) is 2.50. The van der Waals surface area contributed by atoms with Crippen LogP contribution >= 0.6 is 0 Å². The monoisotopic (exact) mass is 294 g/mol. The summed E-state index contributed by atoms with van der Waals surface area (Å²) in [6.07, 6.45) is 2.33. The van der Waals surface area contributed by atoms with E-state index in [1.54, 1.807) is 0 Å². The van der Waals surface area contributed by atoms with Gasteiger partial charge in [0.2, 0.25) is 0 Å². The minimum Gasteiger partial charge on any atom is -0.478 e. The van der Waals surface area contributed by atoms with Crippen LogP contribution in [0.4, 0.5) is 0 Å². The van der Waals surface area contributed by atoms with Crippen molar-refractivity contribution < 1.29 is 9.90 Å². The summed E-state index contributed by atoms with van der Waals surface area (Å²) in [4.78, 5) is 10.7. The molecule has 0 amide bonds. The summed E-state index contributed by atoms with van der Waals surface area (Å²) in [6.45, 7) is 6.25. The van der Waals surface area contributed by atoms with Crippen LogP contribution in [-0.4, -0.2) is 11.1 Å². The first-order chi connectivity index (χ1) is 10.5. The highest BCUT2D eigenvalue weighted by atomic mass is 16.4. The Morgan fingerprint density at radius 3 is 1.95 bits per heavy atom. The van der Waals surface area contributed by atoms with Gasteiger partial charge in [-0.25, -0.2) is 4.79 Å². The van der Waals surface area contributed by atoms with Crippen molar-refractivity contribution in [2.75, 3.05) is 0 Å². The Balaban J connectivity index is 2.18. The molecule has 1 N–H and O–H groups in total. The van der Waals surface area contributed by atoms with Crippen molar-refractivity contribution in [3.05, 3.63) is 65.7 Å². The van der Waals surface area contributed by atoms with Crippen molar-refractivity contribution in [1.29, 1.82) is 0 Å². The Morgan fingerprint density at radius 2 is 1.50 bits per heavy atom. The summed E-state index contributed by atoms with van der Waals surface area (Å²) in [5.74, 6) is -0.253. The van der Waals surface area contributed by atoms with E-state index in [2.05, 4.69) is 38.1 Å². The topological polar surface area (TPSA) is 37.3 Å². The highest BCUT2D eigenvalue weighted by Crippen LogP contribution is 2.23. The zero-order valence-corrected chi connectivity index (χ0v) is 13.3. The molecule has 2 aromatic rings. The smallest absolute Gasteiger partial charge is 0.328 e. The Morgan fingerprint density at radius 1 is 1.00 bits per heavy atom. The SMILES string of the molecule is C/C(=C\C(=O)O)c1ccc(-c2ccc(CC(C)C)cc2)cc1. The lowest BCUT2D eigenvalue weighted by Gasteiger charge is -2.08. The van der Waals surface area contributed by atoms with E-state index in [-0.39, 0.29) is 0 Å². The maximum Gasteiger partial charge on any atom is 0.328 e. The number of hydrogen-bond acceptors (Lipinski definition) is 1. The number of allylic oxidation sites excluding steroid dienone is 1. The number of carboxylic acid groups (broad SMARTS) is 1. The molecule has 0 saturated carbocycles. The molecule has 0 unspecified atom stereocenters. The molecule has 2 heteroatoms. The molecule has 0 radical (unpaired) electrons. The molecule has 2 aromatic carbocycles. The van der Waals surface area contributed by atoms with Gasteiger partial charge in [0.25, 0.3) is 0 Å². The van der Waals surface area contributed by atoms with Crippen LogP contribution in [0.5, 0.6) is 0 Å². The molecule has 0 saturated heterocycles. The minimum atomic E-state index is -0.915. The zero-order valence-electron chi connectivity index (χ0n) is 13.3. The van der Waals surface area contributed by atoms with E-state index < -0.39 is 5.97 Å². The second kappa shape index (κ2) is 7.08. The molecule has 0 spiro atoms. The van der Waals surface area contributed by atoms with Crippen LogP contribution in [0.2, 0.25) is 0 Å². The standard InChI is InChI=1S/C20H22O2/c1-14(2)12-16-4-6-18(7-5-16)19-10-8-17(9-11-19)15(3)13-20(21)22/h4-11,13-14H,12H2,1-3H3,(H,21,22)/b15-13+. The summed E-state index contributed by atoms with van der Waals surface area (Å²) in [5.41, 5.74) is 5.37. The van der Waals surface area contributed by atoms with E-state index in [0.717, 1.165) is 23.1 Å². The molecule has 2 rings (SSSR count). The minimum absolute atomic E-state index is 0.661. The van der Waals surface area contributed by atoms with Crippen LogP contribution in [0.3, 0.4) is 0 Å². The van der Waals surface area contributed by atoms with Crippen molar-refractivity contribution in [2.45, 2.75) is 27.2 Å². The predicted molar refractivity (Wildman–Crippen MR) is 91.7 cm³/mol. The van der Waals surface area contributed by atoms with Crippen LogP contribution in [0.15, 0.2) is 54.6 Å². The Kier molecular flexibility index (Phi) is 5.16. The number of carbonyl (C=O) groups is 1. The van der Waals surface area contributed by atoms with Crippen molar-refractivity contribution in [2.24, 2.45) is 5.92 Å². The number of aliphatic carboxylic acids is 1. The molecule has 0 aliphatic carbocycles. The van der Waals surface area contributed by atoms with E-state index in [4.69, 9.17) is 5.11 Å². The maximum absolute atomic E-state index is 10.7. The van der Waals surface area contributed by atoms with Crippen molar-refractivity contribution in [3.63, 3.8) is 0 Å². The summed E-state index contributed by atoms with van der Waals surface area (Å²) < 4.78 is 0. The predicted octanol–water partition coefficient (Wildman–Crippen LogP) is 5.04. The summed E-state index contributed by atoms with van der Waals surface area (Å²) in [6, 6.07) is 16.6. The van der Waals surface area contributed by atoms with Gasteiger partial charge in [-0.1, -0.05) is 62.4 Å². The first-order valence-electron chi connectivity index (χ1n) is 7.56. The number of benzene rings is 2. The molecule has 0 aliphatic heterocycles. The van der Waals surface area contributed by atoms with Crippen molar-refractivity contribution in [3.8, 4) is 11.1 Å². The van der Waals surface area contributed by atoms with Gasteiger partial charge in [0.05, 0.1) is 0 Å². The fourth-order valence-corrected chi connectivity index (χ4v) is 2.50. The Bertz CT molecular complexity index is 662. The van der Waals surface area contributed by atoms with Crippen LogP contribution in [0, 0.1) is 5.92 Å². The Hall–Kier alpha value is -2.35.